The maximum absolute atomic E-state index is 3.74. The van der Waals surface area contributed by atoms with Gasteiger partial charge in [-0.3, -0.25) is 0 Å². The largest absolute Gasteiger partial charge is 0.315 e. The Balaban J connectivity index is 2.31. The summed E-state index contributed by atoms with van der Waals surface area (Å²) in [7, 11) is 4.17. The Labute approximate surface area is 103 Å². The van der Waals surface area contributed by atoms with Gasteiger partial charge in [0.05, 0.1) is 0 Å². The molecule has 0 radical (unpaired) electrons. The third-order valence-corrected chi connectivity index (χ3v) is 3.51. The monoisotopic (exact) mass is 238 g/mol. The van der Waals surface area contributed by atoms with E-state index in [0.717, 1.165) is 26.1 Å². The summed E-state index contributed by atoms with van der Waals surface area (Å²) in [5.41, 5.74) is 0. The first-order valence-electron chi connectivity index (χ1n) is 5.78. The van der Waals surface area contributed by atoms with Crippen LogP contribution in [0.4, 0.5) is 0 Å². The van der Waals surface area contributed by atoms with E-state index in [1.54, 1.807) is 0 Å². The second-order valence-corrected chi connectivity index (χ2v) is 5.32. The van der Waals surface area contributed by atoms with Crippen molar-refractivity contribution in [1.82, 2.24) is 10.2 Å². The van der Waals surface area contributed by atoms with Crippen molar-refractivity contribution in [3.05, 3.63) is 34.5 Å². The lowest BCUT2D eigenvalue weighted by atomic mass is 10.3. The van der Waals surface area contributed by atoms with Crippen molar-refractivity contribution < 1.29 is 0 Å². The van der Waals surface area contributed by atoms with Gasteiger partial charge in [0.2, 0.25) is 0 Å². The average molecular weight is 238 g/mol. The van der Waals surface area contributed by atoms with E-state index in [4.69, 9.17) is 0 Å². The summed E-state index contributed by atoms with van der Waals surface area (Å²) in [6.45, 7) is 6.92. The molecule has 0 aliphatic carbocycles. The molecule has 0 bridgehead atoms. The van der Waals surface area contributed by atoms with E-state index in [9.17, 15) is 0 Å². The van der Waals surface area contributed by atoms with Crippen LogP contribution in [0.5, 0.6) is 0 Å². The Morgan fingerprint density at radius 3 is 2.88 bits per heavy atom. The van der Waals surface area contributed by atoms with Crippen molar-refractivity contribution in [2.75, 3.05) is 20.6 Å². The summed E-state index contributed by atoms with van der Waals surface area (Å²) in [6, 6.07) is 4.45. The molecule has 3 heteroatoms. The van der Waals surface area contributed by atoms with Gasteiger partial charge in [0.15, 0.2) is 0 Å². The number of allylic oxidation sites excluding steroid dienone is 1. The molecule has 1 aromatic heterocycles. The topological polar surface area (TPSA) is 15.3 Å². The summed E-state index contributed by atoms with van der Waals surface area (Å²) >= 11 is 1.90. The van der Waals surface area contributed by atoms with Crippen molar-refractivity contribution in [3.8, 4) is 0 Å². The lowest BCUT2D eigenvalue weighted by molar-refractivity contribution is 0.326. The van der Waals surface area contributed by atoms with Crippen LogP contribution in [0.3, 0.4) is 0 Å². The van der Waals surface area contributed by atoms with Crippen molar-refractivity contribution in [1.29, 1.82) is 0 Å². The van der Waals surface area contributed by atoms with E-state index < -0.39 is 0 Å². The first-order valence-corrected chi connectivity index (χ1v) is 6.59. The van der Waals surface area contributed by atoms with Gasteiger partial charge in [-0.05, 0) is 45.6 Å². The van der Waals surface area contributed by atoms with Crippen LogP contribution in [0.2, 0.25) is 0 Å². The zero-order chi connectivity index (χ0) is 11.8. The highest BCUT2D eigenvalue weighted by molar-refractivity contribution is 7.11. The van der Waals surface area contributed by atoms with Gasteiger partial charge in [-0.1, -0.05) is 6.08 Å². The molecular weight excluding hydrogens is 216 g/mol. The van der Waals surface area contributed by atoms with Gasteiger partial charge < -0.3 is 10.2 Å². The van der Waals surface area contributed by atoms with E-state index >= 15 is 0 Å². The molecule has 0 spiro atoms. The van der Waals surface area contributed by atoms with Crippen LogP contribution < -0.4 is 5.32 Å². The van der Waals surface area contributed by atoms with E-state index in [2.05, 4.69) is 36.0 Å². The molecule has 2 nitrogen and oxygen atoms in total. The van der Waals surface area contributed by atoms with Gasteiger partial charge in [-0.25, -0.2) is 0 Å². The number of nitrogens with one attached hydrogen (secondary N) is 1. The van der Waals surface area contributed by atoms with Crippen molar-refractivity contribution in [3.63, 3.8) is 0 Å². The molecule has 0 aromatic carbocycles. The molecular formula is C13H22N2S. The summed E-state index contributed by atoms with van der Waals surface area (Å²) < 4.78 is 0. The normalized spacial score (nSPS) is 10.9. The van der Waals surface area contributed by atoms with E-state index in [1.165, 1.54) is 16.2 Å². The van der Waals surface area contributed by atoms with Crippen molar-refractivity contribution in [2.45, 2.75) is 25.9 Å². The van der Waals surface area contributed by atoms with Crippen LogP contribution in [0.15, 0.2) is 24.8 Å². The maximum atomic E-state index is 3.74. The molecule has 0 unspecified atom stereocenters. The van der Waals surface area contributed by atoms with Gasteiger partial charge in [-0.15, -0.1) is 17.9 Å². The molecule has 16 heavy (non-hydrogen) atoms. The average Bonchev–Trinajstić information content (AvgIpc) is 2.66. The summed E-state index contributed by atoms with van der Waals surface area (Å²) in [6.07, 6.45) is 4.30. The minimum absolute atomic E-state index is 0.977. The van der Waals surface area contributed by atoms with Crippen LogP contribution in [0.1, 0.15) is 22.6 Å². The fourth-order valence-corrected chi connectivity index (χ4v) is 2.74. The molecule has 0 saturated carbocycles. The highest BCUT2D eigenvalue weighted by atomic mass is 32.1. The van der Waals surface area contributed by atoms with E-state index in [1.807, 2.05) is 24.5 Å². The van der Waals surface area contributed by atoms with Gasteiger partial charge in [0.25, 0.3) is 0 Å². The summed E-state index contributed by atoms with van der Waals surface area (Å²) in [5, 5.41) is 3.18. The third kappa shape index (κ3) is 4.92. The van der Waals surface area contributed by atoms with Gasteiger partial charge in [0, 0.05) is 22.8 Å². The number of hydrogen-bond donors (Lipinski definition) is 1. The molecule has 1 rings (SSSR count). The standard InChI is InChI=1S/C13H22N2S/c1-4-5-6-9-15(3)11-13-8-7-12(16-13)10-14-2/h4,7-8,14H,1,5-6,9-11H2,2-3H3. The van der Waals surface area contributed by atoms with Gasteiger partial charge in [0.1, 0.15) is 0 Å². The second-order valence-electron chi connectivity index (χ2n) is 4.07. The molecule has 0 saturated heterocycles. The fourth-order valence-electron chi connectivity index (χ4n) is 1.63. The zero-order valence-corrected chi connectivity index (χ0v) is 11.1. The Kier molecular flexibility index (Phi) is 6.38. The minimum Gasteiger partial charge on any atom is -0.315 e. The second kappa shape index (κ2) is 7.60. The minimum atomic E-state index is 0.977. The molecule has 0 fully saturated rings. The Bertz CT molecular complexity index is 307. The fraction of sp³-hybridized carbons (Fsp3) is 0.538. The maximum Gasteiger partial charge on any atom is 0.0324 e. The molecule has 0 aliphatic heterocycles. The molecule has 1 aromatic rings. The number of rotatable bonds is 8. The molecule has 1 heterocycles. The SMILES string of the molecule is C=CCCCN(C)Cc1ccc(CNC)s1. The van der Waals surface area contributed by atoms with Crippen molar-refractivity contribution >= 4 is 11.3 Å². The van der Waals surface area contributed by atoms with Crippen LogP contribution in [-0.2, 0) is 13.1 Å². The molecule has 0 amide bonds. The molecule has 1 N–H and O–H groups in total. The highest BCUT2D eigenvalue weighted by Gasteiger charge is 2.03. The Morgan fingerprint density at radius 1 is 1.44 bits per heavy atom. The van der Waals surface area contributed by atoms with E-state index in [-0.39, 0.29) is 0 Å². The van der Waals surface area contributed by atoms with Crippen molar-refractivity contribution in [2.24, 2.45) is 0 Å². The Hall–Kier alpha value is -0.640. The molecule has 0 aliphatic rings. The Morgan fingerprint density at radius 2 is 2.19 bits per heavy atom. The lowest BCUT2D eigenvalue weighted by Gasteiger charge is -2.14. The van der Waals surface area contributed by atoms with Crippen LogP contribution in [-0.4, -0.2) is 25.5 Å². The number of nitrogens with zero attached hydrogens (tertiary/aromatic N) is 1. The summed E-state index contributed by atoms with van der Waals surface area (Å²) in [4.78, 5) is 5.24. The predicted molar refractivity (Wildman–Crippen MR) is 72.8 cm³/mol. The van der Waals surface area contributed by atoms with Gasteiger partial charge >= 0.3 is 0 Å². The lowest BCUT2D eigenvalue weighted by Crippen LogP contribution is -2.18. The quantitative estimate of drug-likeness (QED) is 0.553. The third-order valence-electron chi connectivity index (χ3n) is 2.44. The van der Waals surface area contributed by atoms with E-state index in [0.29, 0.717) is 0 Å². The first-order chi connectivity index (χ1) is 7.76. The number of thiophene rings is 1. The smallest absolute Gasteiger partial charge is 0.0324 e. The molecule has 90 valence electrons. The predicted octanol–water partition coefficient (Wildman–Crippen LogP) is 2.87. The first kappa shape index (κ1) is 13.4. The summed E-state index contributed by atoms with van der Waals surface area (Å²) in [5.74, 6) is 0. The number of hydrogen-bond acceptors (Lipinski definition) is 3. The van der Waals surface area contributed by atoms with Crippen LogP contribution >= 0.6 is 11.3 Å². The van der Waals surface area contributed by atoms with Crippen LogP contribution in [0, 0.1) is 0 Å². The van der Waals surface area contributed by atoms with Gasteiger partial charge in [-0.2, -0.15) is 0 Å². The van der Waals surface area contributed by atoms with Crippen LogP contribution in [0.25, 0.3) is 0 Å². The zero-order valence-electron chi connectivity index (χ0n) is 10.3. The molecule has 0 atom stereocenters. The number of unbranched alkanes of at least 4 members (excludes halogenated alkanes) is 1. The highest BCUT2D eigenvalue weighted by Crippen LogP contribution is 2.17.